The van der Waals surface area contributed by atoms with Crippen LogP contribution in [0.3, 0.4) is 0 Å². The fourth-order valence-corrected chi connectivity index (χ4v) is 2.34. The van der Waals surface area contributed by atoms with Gasteiger partial charge in [-0.2, -0.15) is 0 Å². The van der Waals surface area contributed by atoms with Crippen molar-refractivity contribution in [3.05, 3.63) is 73.7 Å². The maximum Gasteiger partial charge on any atom is 0.270 e. The largest absolute Gasteiger partial charge is 0.348 e. The zero-order valence-electron chi connectivity index (χ0n) is 11.3. The second-order valence-corrected chi connectivity index (χ2v) is 5.48. The third-order valence-corrected chi connectivity index (χ3v) is 3.51. The summed E-state index contributed by atoms with van der Waals surface area (Å²) >= 11 is 3.36. The van der Waals surface area contributed by atoms with E-state index >= 15 is 0 Å². The Morgan fingerprint density at radius 1 is 1.29 bits per heavy atom. The minimum atomic E-state index is -0.509. The molecular formula is C15H13BrN2O3. The van der Waals surface area contributed by atoms with Gasteiger partial charge in [-0.25, -0.2) is 0 Å². The van der Waals surface area contributed by atoms with Crippen LogP contribution in [0.15, 0.2) is 46.9 Å². The Kier molecular flexibility index (Phi) is 4.70. The molecule has 2 rings (SSSR count). The zero-order valence-corrected chi connectivity index (χ0v) is 12.9. The van der Waals surface area contributed by atoms with E-state index in [0.29, 0.717) is 17.7 Å². The van der Waals surface area contributed by atoms with E-state index in [0.717, 1.165) is 10.0 Å². The SMILES string of the molecule is Cc1ccc([N+](=O)[O-])cc1C(=O)NCc1cccc(Br)c1. The maximum absolute atomic E-state index is 12.2. The summed E-state index contributed by atoms with van der Waals surface area (Å²) in [4.78, 5) is 22.4. The molecule has 2 aromatic rings. The standard InChI is InChI=1S/C15H13BrN2O3/c1-10-5-6-13(18(20)21)8-14(10)15(19)17-9-11-3-2-4-12(16)7-11/h2-8H,9H2,1H3,(H,17,19). The molecule has 1 N–H and O–H groups in total. The lowest BCUT2D eigenvalue weighted by molar-refractivity contribution is -0.384. The van der Waals surface area contributed by atoms with Crippen molar-refractivity contribution in [3.63, 3.8) is 0 Å². The van der Waals surface area contributed by atoms with Gasteiger partial charge in [0.05, 0.1) is 4.92 Å². The van der Waals surface area contributed by atoms with Gasteiger partial charge in [-0.1, -0.05) is 34.1 Å². The number of rotatable bonds is 4. The van der Waals surface area contributed by atoms with Crippen molar-refractivity contribution < 1.29 is 9.72 Å². The summed E-state index contributed by atoms with van der Waals surface area (Å²) in [7, 11) is 0. The molecule has 0 aliphatic carbocycles. The van der Waals surface area contributed by atoms with Crippen LogP contribution in [0.4, 0.5) is 5.69 Å². The van der Waals surface area contributed by atoms with Gasteiger partial charge in [0.2, 0.25) is 0 Å². The molecule has 0 saturated carbocycles. The number of aryl methyl sites for hydroxylation is 1. The zero-order chi connectivity index (χ0) is 15.4. The van der Waals surface area contributed by atoms with Gasteiger partial charge in [-0.05, 0) is 30.2 Å². The Balaban J connectivity index is 2.13. The molecule has 0 atom stereocenters. The average Bonchev–Trinajstić information content (AvgIpc) is 2.45. The Hall–Kier alpha value is -2.21. The Morgan fingerprint density at radius 2 is 2.05 bits per heavy atom. The number of halogens is 1. The van der Waals surface area contributed by atoms with Crippen LogP contribution in [0.5, 0.6) is 0 Å². The molecule has 0 heterocycles. The van der Waals surface area contributed by atoms with E-state index in [1.165, 1.54) is 12.1 Å². The lowest BCUT2D eigenvalue weighted by Crippen LogP contribution is -2.23. The molecule has 0 fully saturated rings. The highest BCUT2D eigenvalue weighted by Gasteiger charge is 2.14. The molecule has 108 valence electrons. The van der Waals surface area contributed by atoms with Crippen LogP contribution in [0.2, 0.25) is 0 Å². The number of nitro groups is 1. The minimum Gasteiger partial charge on any atom is -0.348 e. The second-order valence-electron chi connectivity index (χ2n) is 4.57. The van der Waals surface area contributed by atoms with E-state index in [1.807, 2.05) is 24.3 Å². The van der Waals surface area contributed by atoms with Crippen molar-refractivity contribution in [1.29, 1.82) is 0 Å². The molecule has 5 nitrogen and oxygen atoms in total. The number of nitrogens with one attached hydrogen (secondary N) is 1. The maximum atomic E-state index is 12.2. The Bertz CT molecular complexity index is 701. The summed E-state index contributed by atoms with van der Waals surface area (Å²) in [6.07, 6.45) is 0. The summed E-state index contributed by atoms with van der Waals surface area (Å²) in [5, 5.41) is 13.5. The van der Waals surface area contributed by atoms with Crippen LogP contribution < -0.4 is 5.32 Å². The topological polar surface area (TPSA) is 72.2 Å². The number of non-ortho nitro benzene ring substituents is 1. The summed E-state index contributed by atoms with van der Waals surface area (Å²) in [5.41, 5.74) is 1.88. The van der Waals surface area contributed by atoms with Crippen molar-refractivity contribution in [1.82, 2.24) is 5.32 Å². The molecule has 2 aromatic carbocycles. The highest BCUT2D eigenvalue weighted by molar-refractivity contribution is 9.10. The fourth-order valence-electron chi connectivity index (χ4n) is 1.89. The van der Waals surface area contributed by atoms with E-state index in [4.69, 9.17) is 0 Å². The first-order valence-corrected chi connectivity index (χ1v) is 7.04. The normalized spacial score (nSPS) is 10.2. The number of hydrogen-bond donors (Lipinski definition) is 1. The molecule has 0 saturated heterocycles. The first kappa shape index (κ1) is 15.2. The molecule has 1 amide bonds. The predicted octanol–water partition coefficient (Wildman–Crippen LogP) is 3.60. The van der Waals surface area contributed by atoms with Crippen LogP contribution in [0, 0.1) is 17.0 Å². The molecule has 0 radical (unpaired) electrons. The predicted molar refractivity (Wildman–Crippen MR) is 83.1 cm³/mol. The van der Waals surface area contributed by atoms with Gasteiger partial charge in [-0.15, -0.1) is 0 Å². The first-order valence-electron chi connectivity index (χ1n) is 6.25. The molecular weight excluding hydrogens is 336 g/mol. The Labute approximate surface area is 130 Å². The van der Waals surface area contributed by atoms with Gasteiger partial charge in [0.15, 0.2) is 0 Å². The summed E-state index contributed by atoms with van der Waals surface area (Å²) in [6, 6.07) is 11.8. The molecule has 0 bridgehead atoms. The lowest BCUT2D eigenvalue weighted by atomic mass is 10.1. The number of carbonyl (C=O) groups is 1. The van der Waals surface area contributed by atoms with Gasteiger partial charge in [0, 0.05) is 28.7 Å². The van der Waals surface area contributed by atoms with E-state index in [1.54, 1.807) is 13.0 Å². The van der Waals surface area contributed by atoms with Crippen LogP contribution in [0.25, 0.3) is 0 Å². The van der Waals surface area contributed by atoms with Gasteiger partial charge in [0.25, 0.3) is 11.6 Å². The highest BCUT2D eigenvalue weighted by atomic mass is 79.9. The molecule has 0 spiro atoms. The van der Waals surface area contributed by atoms with E-state index < -0.39 is 4.92 Å². The van der Waals surface area contributed by atoms with E-state index in [-0.39, 0.29) is 11.6 Å². The molecule has 0 aliphatic heterocycles. The number of benzene rings is 2. The summed E-state index contributed by atoms with van der Waals surface area (Å²) in [6.45, 7) is 2.11. The first-order chi connectivity index (χ1) is 9.97. The smallest absolute Gasteiger partial charge is 0.270 e. The molecule has 6 heteroatoms. The third-order valence-electron chi connectivity index (χ3n) is 3.02. The van der Waals surface area contributed by atoms with Crippen molar-refractivity contribution >= 4 is 27.5 Å². The summed E-state index contributed by atoms with van der Waals surface area (Å²) < 4.78 is 0.931. The van der Waals surface area contributed by atoms with Crippen LogP contribution in [-0.2, 0) is 6.54 Å². The second kappa shape index (κ2) is 6.49. The molecule has 21 heavy (non-hydrogen) atoms. The number of amides is 1. The quantitative estimate of drug-likeness (QED) is 0.677. The van der Waals surface area contributed by atoms with Crippen molar-refractivity contribution in [2.75, 3.05) is 0 Å². The van der Waals surface area contributed by atoms with Crippen molar-refractivity contribution in [3.8, 4) is 0 Å². The molecule has 0 unspecified atom stereocenters. The number of nitro benzene ring substituents is 1. The van der Waals surface area contributed by atoms with Crippen LogP contribution in [0.1, 0.15) is 21.5 Å². The minimum absolute atomic E-state index is 0.0896. The van der Waals surface area contributed by atoms with Gasteiger partial charge in [0.1, 0.15) is 0 Å². The van der Waals surface area contributed by atoms with Crippen LogP contribution in [-0.4, -0.2) is 10.8 Å². The highest BCUT2D eigenvalue weighted by Crippen LogP contribution is 2.17. The van der Waals surface area contributed by atoms with Gasteiger partial charge in [-0.3, -0.25) is 14.9 Å². The van der Waals surface area contributed by atoms with Crippen molar-refractivity contribution in [2.45, 2.75) is 13.5 Å². The number of carbonyl (C=O) groups excluding carboxylic acids is 1. The number of nitrogens with zero attached hydrogens (tertiary/aromatic N) is 1. The van der Waals surface area contributed by atoms with Crippen molar-refractivity contribution in [2.24, 2.45) is 0 Å². The molecule has 0 aliphatic rings. The van der Waals surface area contributed by atoms with Gasteiger partial charge < -0.3 is 5.32 Å². The molecule has 0 aromatic heterocycles. The third kappa shape index (κ3) is 3.88. The van der Waals surface area contributed by atoms with Crippen LogP contribution >= 0.6 is 15.9 Å². The number of hydrogen-bond acceptors (Lipinski definition) is 3. The lowest BCUT2D eigenvalue weighted by Gasteiger charge is -2.08. The summed E-state index contributed by atoms with van der Waals surface area (Å²) in [5.74, 6) is -0.323. The fraction of sp³-hybridized carbons (Fsp3) is 0.133. The van der Waals surface area contributed by atoms with E-state index in [9.17, 15) is 14.9 Å². The van der Waals surface area contributed by atoms with E-state index in [2.05, 4.69) is 21.2 Å². The Morgan fingerprint density at radius 3 is 2.71 bits per heavy atom. The average molecular weight is 349 g/mol. The monoisotopic (exact) mass is 348 g/mol. The van der Waals surface area contributed by atoms with Gasteiger partial charge >= 0.3 is 0 Å².